The van der Waals surface area contributed by atoms with Gasteiger partial charge in [0.1, 0.15) is 0 Å². The van der Waals surface area contributed by atoms with Crippen LogP contribution in [0.4, 0.5) is 0 Å². The highest BCUT2D eigenvalue weighted by Gasteiger charge is 2.33. The van der Waals surface area contributed by atoms with Crippen LogP contribution in [0, 0.1) is 13.8 Å². The van der Waals surface area contributed by atoms with Gasteiger partial charge in [-0.3, -0.25) is 14.9 Å². The Bertz CT molecular complexity index is 1000. The van der Waals surface area contributed by atoms with Crippen molar-refractivity contribution in [1.82, 2.24) is 19.4 Å². The maximum Gasteiger partial charge on any atom is 0.0934 e. The predicted octanol–water partition coefficient (Wildman–Crippen LogP) is 3.89. The van der Waals surface area contributed by atoms with Crippen molar-refractivity contribution in [3.8, 4) is 0 Å². The highest BCUT2D eigenvalue weighted by molar-refractivity contribution is 5.85. The number of pyridine rings is 2. The fraction of sp³-hybridized carbons (Fsp3) is 0.478. The van der Waals surface area contributed by atoms with Crippen LogP contribution in [-0.4, -0.2) is 32.0 Å². The molecule has 0 aliphatic carbocycles. The number of aryl methyl sites for hydroxylation is 5. The third-order valence-electron chi connectivity index (χ3n) is 6.52. The Morgan fingerprint density at radius 3 is 2.85 bits per heavy atom. The van der Waals surface area contributed by atoms with E-state index in [0.717, 1.165) is 36.8 Å². The van der Waals surface area contributed by atoms with Gasteiger partial charge in [0.05, 0.1) is 11.0 Å². The van der Waals surface area contributed by atoms with Gasteiger partial charge in [0.25, 0.3) is 0 Å². The molecule has 1 saturated heterocycles. The first-order chi connectivity index (χ1) is 13.1. The van der Waals surface area contributed by atoms with E-state index in [9.17, 15) is 0 Å². The second kappa shape index (κ2) is 6.45. The number of nitrogens with zero attached hydrogens (tertiary/aromatic N) is 4. The Hall–Kier alpha value is -2.20. The summed E-state index contributed by atoms with van der Waals surface area (Å²) in [7, 11) is 2.25. The highest BCUT2D eigenvalue weighted by Crippen LogP contribution is 2.36. The molecule has 27 heavy (non-hydrogen) atoms. The molecule has 1 atom stereocenters. The maximum absolute atomic E-state index is 4.99. The lowest BCUT2D eigenvalue weighted by atomic mass is 9.99. The van der Waals surface area contributed by atoms with Crippen molar-refractivity contribution in [3.05, 3.63) is 58.2 Å². The third-order valence-corrected chi connectivity index (χ3v) is 6.52. The average Bonchev–Trinajstić information content (AvgIpc) is 3.22. The molecule has 140 valence electrons. The van der Waals surface area contributed by atoms with E-state index in [4.69, 9.17) is 4.98 Å². The Kier molecular flexibility index (Phi) is 4.05. The van der Waals surface area contributed by atoms with Gasteiger partial charge in [-0.15, -0.1) is 0 Å². The van der Waals surface area contributed by atoms with E-state index in [2.05, 4.69) is 46.6 Å². The molecule has 0 N–H and O–H groups in total. The molecule has 0 spiro atoms. The zero-order chi connectivity index (χ0) is 18.5. The molecule has 2 aliphatic rings. The second-order valence-electron chi connectivity index (χ2n) is 8.38. The summed E-state index contributed by atoms with van der Waals surface area (Å²) in [5.41, 5.74) is 10.5. The minimum absolute atomic E-state index is 0.740. The van der Waals surface area contributed by atoms with Crippen molar-refractivity contribution >= 4 is 11.0 Å². The lowest BCUT2D eigenvalue weighted by Crippen LogP contribution is -2.35. The molecule has 0 saturated carbocycles. The number of rotatable bonds is 3. The van der Waals surface area contributed by atoms with E-state index in [1.54, 1.807) is 0 Å². The van der Waals surface area contributed by atoms with Crippen molar-refractivity contribution in [2.45, 2.75) is 58.5 Å². The quantitative estimate of drug-likeness (QED) is 0.711. The van der Waals surface area contributed by atoms with Crippen molar-refractivity contribution in [2.75, 3.05) is 6.54 Å². The summed E-state index contributed by atoms with van der Waals surface area (Å²) in [6.45, 7) is 6.51. The van der Waals surface area contributed by atoms with Gasteiger partial charge in [0.2, 0.25) is 0 Å². The summed E-state index contributed by atoms with van der Waals surface area (Å²) < 4.78 is 2.45. The summed E-state index contributed by atoms with van der Waals surface area (Å²) in [5.74, 6) is 0. The molecule has 1 fully saturated rings. The van der Waals surface area contributed by atoms with Crippen LogP contribution in [0.25, 0.3) is 11.0 Å². The Morgan fingerprint density at radius 2 is 2.04 bits per heavy atom. The lowest BCUT2D eigenvalue weighted by molar-refractivity contribution is 0.225. The molecule has 4 heteroatoms. The summed E-state index contributed by atoms with van der Waals surface area (Å²) in [6, 6.07) is 7.34. The van der Waals surface area contributed by atoms with Gasteiger partial charge in [-0.1, -0.05) is 6.07 Å². The summed E-state index contributed by atoms with van der Waals surface area (Å²) in [4.78, 5) is 12.1. The Morgan fingerprint density at radius 1 is 1.15 bits per heavy atom. The molecule has 2 aliphatic heterocycles. The molecule has 0 radical (unpaired) electrons. The van der Waals surface area contributed by atoms with Crippen LogP contribution in [-0.2, 0) is 32.9 Å². The topological polar surface area (TPSA) is 34.0 Å². The van der Waals surface area contributed by atoms with Gasteiger partial charge in [0, 0.05) is 54.9 Å². The van der Waals surface area contributed by atoms with Crippen LogP contribution in [0.1, 0.15) is 46.6 Å². The summed E-state index contributed by atoms with van der Waals surface area (Å²) >= 11 is 0. The van der Waals surface area contributed by atoms with E-state index in [-0.39, 0.29) is 0 Å². The van der Waals surface area contributed by atoms with Crippen molar-refractivity contribution in [3.63, 3.8) is 0 Å². The number of hydrogen-bond acceptors (Lipinski definition) is 3. The van der Waals surface area contributed by atoms with Gasteiger partial charge in [-0.05, 0) is 69.3 Å². The fourth-order valence-electron chi connectivity index (χ4n) is 5.10. The molecule has 3 aromatic rings. The third kappa shape index (κ3) is 2.87. The number of hydrogen-bond donors (Lipinski definition) is 0. The van der Waals surface area contributed by atoms with Gasteiger partial charge in [-0.2, -0.15) is 0 Å². The van der Waals surface area contributed by atoms with Crippen LogP contribution in [0.15, 0.2) is 24.4 Å². The fourth-order valence-corrected chi connectivity index (χ4v) is 5.10. The Balaban J connectivity index is 1.54. The zero-order valence-electron chi connectivity index (χ0n) is 16.6. The standard InChI is InChI=1S/C23H28N4/c1-15-6-7-17(13-24-15)8-9-18-11-16(2)25-22-20-14-27-10-4-5-19(27)12-21(20)26(3)23(18)22/h6-7,11,13,19H,4-5,8-10,12,14H2,1-3H3. The molecule has 0 aromatic carbocycles. The van der Waals surface area contributed by atoms with Crippen LogP contribution in [0.5, 0.6) is 0 Å². The molecule has 5 rings (SSSR count). The molecule has 5 heterocycles. The van der Waals surface area contributed by atoms with E-state index >= 15 is 0 Å². The minimum atomic E-state index is 0.740. The highest BCUT2D eigenvalue weighted by atomic mass is 15.2. The smallest absolute Gasteiger partial charge is 0.0934 e. The lowest BCUT2D eigenvalue weighted by Gasteiger charge is -2.30. The maximum atomic E-state index is 4.99. The van der Waals surface area contributed by atoms with Gasteiger partial charge < -0.3 is 4.57 Å². The van der Waals surface area contributed by atoms with Crippen molar-refractivity contribution in [1.29, 1.82) is 0 Å². The largest absolute Gasteiger partial charge is 0.346 e. The molecule has 1 unspecified atom stereocenters. The van der Waals surface area contributed by atoms with Gasteiger partial charge in [-0.25, -0.2) is 0 Å². The van der Waals surface area contributed by atoms with E-state index < -0.39 is 0 Å². The second-order valence-corrected chi connectivity index (χ2v) is 8.38. The summed E-state index contributed by atoms with van der Waals surface area (Å²) in [5, 5.41) is 0. The molecular weight excluding hydrogens is 332 g/mol. The SMILES string of the molecule is Cc1ccc(CCc2cc(C)nc3c4c(n(C)c23)CC2CCCN2C4)cn1. The predicted molar refractivity (Wildman–Crippen MR) is 109 cm³/mol. The molecule has 3 aromatic heterocycles. The van der Waals surface area contributed by atoms with Gasteiger partial charge in [0.15, 0.2) is 0 Å². The first-order valence-electron chi connectivity index (χ1n) is 10.2. The van der Waals surface area contributed by atoms with E-state index in [0.29, 0.717) is 0 Å². The summed E-state index contributed by atoms with van der Waals surface area (Å²) in [6.07, 6.45) is 7.96. The number of aromatic nitrogens is 3. The van der Waals surface area contributed by atoms with Crippen LogP contribution in [0.2, 0.25) is 0 Å². The molecule has 0 amide bonds. The zero-order valence-corrected chi connectivity index (χ0v) is 16.6. The first kappa shape index (κ1) is 16.9. The Labute approximate surface area is 161 Å². The van der Waals surface area contributed by atoms with Crippen molar-refractivity contribution < 1.29 is 0 Å². The van der Waals surface area contributed by atoms with Crippen LogP contribution < -0.4 is 0 Å². The van der Waals surface area contributed by atoms with E-state index in [1.807, 2.05) is 13.1 Å². The van der Waals surface area contributed by atoms with Gasteiger partial charge >= 0.3 is 0 Å². The normalized spacial score (nSPS) is 19.4. The van der Waals surface area contributed by atoms with E-state index in [1.165, 1.54) is 59.2 Å². The molecule has 0 bridgehead atoms. The monoisotopic (exact) mass is 360 g/mol. The minimum Gasteiger partial charge on any atom is -0.346 e. The average molecular weight is 361 g/mol. The van der Waals surface area contributed by atoms with Crippen LogP contribution >= 0.6 is 0 Å². The molecule has 4 nitrogen and oxygen atoms in total. The van der Waals surface area contributed by atoms with Crippen molar-refractivity contribution in [2.24, 2.45) is 7.05 Å². The first-order valence-corrected chi connectivity index (χ1v) is 10.2. The van der Waals surface area contributed by atoms with Crippen LogP contribution in [0.3, 0.4) is 0 Å². The molecular formula is C23H28N4. The number of fused-ring (bicyclic) bond motifs is 4.